The molecule has 13 nitrogen and oxygen atoms in total. The van der Waals surface area contributed by atoms with Crippen LogP contribution in [0, 0.1) is 0 Å². The molecular formula is C38H71O13P. The lowest BCUT2D eigenvalue weighted by Gasteiger charge is -2.41. The third kappa shape index (κ3) is 22.7. The van der Waals surface area contributed by atoms with E-state index in [1.807, 2.05) is 0 Å². The Kier molecular flexibility index (Phi) is 27.9. The largest absolute Gasteiger partial charge is 0.472 e. The first kappa shape index (κ1) is 48.6. The van der Waals surface area contributed by atoms with Crippen LogP contribution in [0.15, 0.2) is 12.2 Å². The molecule has 1 saturated carbocycles. The molecule has 0 saturated heterocycles. The molecule has 0 radical (unpaired) electrons. The summed E-state index contributed by atoms with van der Waals surface area (Å²) in [6.07, 6.45) is 14.3. The normalized spacial score (nSPS) is 23.8. The highest BCUT2D eigenvalue weighted by atomic mass is 31.2. The first-order valence-corrected chi connectivity index (χ1v) is 21.5. The van der Waals surface area contributed by atoms with E-state index < -0.39 is 75.7 Å². The van der Waals surface area contributed by atoms with Crippen molar-refractivity contribution < 1.29 is 63.1 Å². The standard InChI is InChI=1S/C38H71O13P/c1-3-5-7-9-11-13-15-16-17-19-20-22-24-26-31(39)48-28-30(50-32(40)27-25-23-21-18-14-12-10-8-6-4-2)29-49-52(46,47)51-38-36(44)34(42)33(41)35(43)37(38)45/h13,15,30,33-38,41-45H,3-12,14,16-29H2,1-2H3,(H,46,47)/b15-13-/t30-,33?,34-,35?,36?,37?,38?/m1/s1. The second-order valence-corrected chi connectivity index (χ2v) is 15.5. The maximum Gasteiger partial charge on any atom is 0.472 e. The number of allylic oxidation sites excluding steroid dienone is 2. The molecule has 1 aliphatic carbocycles. The molecule has 1 fully saturated rings. The van der Waals surface area contributed by atoms with Crippen LogP contribution in [0.5, 0.6) is 0 Å². The Morgan fingerprint density at radius 3 is 1.48 bits per heavy atom. The number of ether oxygens (including phenoxy) is 2. The highest BCUT2D eigenvalue weighted by Gasteiger charge is 2.51. The number of aliphatic hydroxyl groups excluding tert-OH is 5. The number of unbranched alkanes of at least 4 members (excludes halogenated alkanes) is 18. The first-order valence-electron chi connectivity index (χ1n) is 20.0. The van der Waals surface area contributed by atoms with Gasteiger partial charge in [0.2, 0.25) is 0 Å². The van der Waals surface area contributed by atoms with Crippen molar-refractivity contribution in [1.82, 2.24) is 0 Å². The van der Waals surface area contributed by atoms with E-state index in [0.717, 1.165) is 64.2 Å². The van der Waals surface area contributed by atoms with Gasteiger partial charge < -0.3 is 39.9 Å². The van der Waals surface area contributed by atoms with Crippen molar-refractivity contribution in [3.05, 3.63) is 12.2 Å². The van der Waals surface area contributed by atoms with Crippen LogP contribution in [-0.2, 0) is 32.7 Å². The van der Waals surface area contributed by atoms with Crippen molar-refractivity contribution >= 4 is 19.8 Å². The SMILES string of the molecule is CCCCCC/C=C\CCCCCCCC(=O)OC[C@H](COP(=O)(O)OC1C(O)C(O)C(O)[C@@H](O)C1O)OC(=O)CCCCCCCCCCCC. The monoisotopic (exact) mass is 766 g/mol. The van der Waals surface area contributed by atoms with Crippen LogP contribution < -0.4 is 0 Å². The smallest absolute Gasteiger partial charge is 0.462 e. The van der Waals surface area contributed by atoms with Crippen LogP contribution in [-0.4, -0.2) is 98.3 Å². The fourth-order valence-electron chi connectivity index (χ4n) is 6.05. The lowest BCUT2D eigenvalue weighted by atomic mass is 9.85. The average Bonchev–Trinajstić information content (AvgIpc) is 3.12. The minimum absolute atomic E-state index is 0.0988. The summed E-state index contributed by atoms with van der Waals surface area (Å²) < 4.78 is 33.3. The highest BCUT2D eigenvalue weighted by molar-refractivity contribution is 7.47. The molecule has 0 amide bonds. The predicted octanol–water partition coefficient (Wildman–Crippen LogP) is 6.33. The molecule has 0 aliphatic heterocycles. The third-order valence-electron chi connectivity index (χ3n) is 9.36. The second-order valence-electron chi connectivity index (χ2n) is 14.1. The molecule has 1 rings (SSSR count). The molecular weight excluding hydrogens is 695 g/mol. The lowest BCUT2D eigenvalue weighted by molar-refractivity contribution is -0.220. The number of carbonyl (C=O) groups is 2. The van der Waals surface area contributed by atoms with E-state index in [-0.39, 0.29) is 12.8 Å². The van der Waals surface area contributed by atoms with Gasteiger partial charge in [-0.25, -0.2) is 4.57 Å². The molecule has 1 aliphatic rings. The average molecular weight is 767 g/mol. The topological polar surface area (TPSA) is 210 Å². The summed E-state index contributed by atoms with van der Waals surface area (Å²) in [5, 5.41) is 49.9. The fourth-order valence-corrected chi connectivity index (χ4v) is 7.02. The Balaban J connectivity index is 2.53. The van der Waals surface area contributed by atoms with Crippen molar-refractivity contribution in [3.63, 3.8) is 0 Å². The minimum atomic E-state index is -5.10. The summed E-state index contributed by atoms with van der Waals surface area (Å²) in [7, 11) is -5.10. The van der Waals surface area contributed by atoms with Gasteiger partial charge in [0.05, 0.1) is 6.61 Å². The lowest BCUT2D eigenvalue weighted by Crippen LogP contribution is -2.64. The van der Waals surface area contributed by atoms with Crippen LogP contribution >= 0.6 is 7.82 Å². The Morgan fingerprint density at radius 2 is 0.981 bits per heavy atom. The van der Waals surface area contributed by atoms with Crippen molar-refractivity contribution in [3.8, 4) is 0 Å². The molecule has 0 aromatic carbocycles. The number of esters is 2. The number of phosphoric ester groups is 1. The fraction of sp³-hybridized carbons (Fsp3) is 0.895. The van der Waals surface area contributed by atoms with Crippen LogP contribution in [0.3, 0.4) is 0 Å². The first-order chi connectivity index (χ1) is 24.9. The third-order valence-corrected chi connectivity index (χ3v) is 10.3. The number of hydrogen-bond donors (Lipinski definition) is 6. The van der Waals surface area contributed by atoms with Gasteiger partial charge in [-0.3, -0.25) is 18.6 Å². The van der Waals surface area contributed by atoms with Gasteiger partial charge in [0, 0.05) is 12.8 Å². The van der Waals surface area contributed by atoms with Gasteiger partial charge in [0.1, 0.15) is 43.2 Å². The van der Waals surface area contributed by atoms with Gasteiger partial charge in [0.15, 0.2) is 6.10 Å². The van der Waals surface area contributed by atoms with Gasteiger partial charge in [-0.1, -0.05) is 122 Å². The zero-order chi connectivity index (χ0) is 38.6. The van der Waals surface area contributed by atoms with Gasteiger partial charge in [-0.05, 0) is 38.5 Å². The maximum absolute atomic E-state index is 12.7. The summed E-state index contributed by atoms with van der Waals surface area (Å²) in [6.45, 7) is 3.23. The van der Waals surface area contributed by atoms with E-state index in [4.69, 9.17) is 18.5 Å². The molecule has 52 heavy (non-hydrogen) atoms. The molecule has 0 spiro atoms. The quantitative estimate of drug-likeness (QED) is 0.0192. The van der Waals surface area contributed by atoms with E-state index >= 15 is 0 Å². The van der Waals surface area contributed by atoms with Gasteiger partial charge in [-0.2, -0.15) is 0 Å². The number of aliphatic hydroxyl groups is 5. The van der Waals surface area contributed by atoms with Crippen LogP contribution in [0.2, 0.25) is 0 Å². The van der Waals surface area contributed by atoms with E-state index in [1.54, 1.807) is 0 Å². The van der Waals surface area contributed by atoms with Crippen molar-refractivity contribution in [2.24, 2.45) is 0 Å². The molecule has 0 aromatic heterocycles. The summed E-state index contributed by atoms with van der Waals surface area (Å²) >= 11 is 0. The van der Waals surface area contributed by atoms with Gasteiger partial charge in [-0.15, -0.1) is 0 Å². The van der Waals surface area contributed by atoms with E-state index in [9.17, 15) is 44.6 Å². The minimum Gasteiger partial charge on any atom is -0.462 e. The van der Waals surface area contributed by atoms with Crippen LogP contribution in [0.1, 0.15) is 162 Å². The van der Waals surface area contributed by atoms with Crippen molar-refractivity contribution in [1.29, 1.82) is 0 Å². The van der Waals surface area contributed by atoms with Gasteiger partial charge >= 0.3 is 19.8 Å². The summed E-state index contributed by atoms with van der Waals surface area (Å²) in [5.74, 6) is -1.11. The number of hydrogen-bond acceptors (Lipinski definition) is 12. The van der Waals surface area contributed by atoms with Crippen molar-refractivity contribution in [2.75, 3.05) is 13.2 Å². The summed E-state index contributed by atoms with van der Waals surface area (Å²) in [6, 6.07) is 0. The highest BCUT2D eigenvalue weighted by Crippen LogP contribution is 2.47. The molecule has 6 unspecified atom stereocenters. The second kappa shape index (κ2) is 29.9. The zero-order valence-corrected chi connectivity index (χ0v) is 32.8. The Hall–Kier alpha value is -1.41. The van der Waals surface area contributed by atoms with Crippen LogP contribution in [0.4, 0.5) is 0 Å². The maximum atomic E-state index is 12.7. The molecule has 0 heterocycles. The Morgan fingerprint density at radius 1 is 0.577 bits per heavy atom. The van der Waals surface area contributed by atoms with E-state index in [1.165, 1.54) is 57.8 Å². The number of carbonyl (C=O) groups excluding carboxylic acids is 2. The van der Waals surface area contributed by atoms with Gasteiger partial charge in [0.25, 0.3) is 0 Å². The van der Waals surface area contributed by atoms with Crippen LogP contribution in [0.25, 0.3) is 0 Å². The molecule has 0 bridgehead atoms. The molecule has 0 aromatic rings. The van der Waals surface area contributed by atoms with Crippen molar-refractivity contribution in [2.45, 2.75) is 204 Å². The molecule has 6 N–H and O–H groups in total. The number of phosphoric acid groups is 1. The number of rotatable bonds is 32. The predicted molar refractivity (Wildman–Crippen MR) is 198 cm³/mol. The summed E-state index contributed by atoms with van der Waals surface area (Å²) in [4.78, 5) is 35.4. The Labute approximate surface area is 312 Å². The molecule has 14 heteroatoms. The molecule has 8 atom stereocenters. The zero-order valence-electron chi connectivity index (χ0n) is 31.9. The summed E-state index contributed by atoms with van der Waals surface area (Å²) in [5.41, 5.74) is 0. The van der Waals surface area contributed by atoms with E-state index in [2.05, 4.69) is 26.0 Å². The molecule has 306 valence electrons. The Bertz CT molecular complexity index is 980. The van der Waals surface area contributed by atoms with E-state index in [0.29, 0.717) is 12.8 Å².